The number of carbonyl (C=O) groups is 1. The zero-order valence-electron chi connectivity index (χ0n) is 15.1. The van der Waals surface area contributed by atoms with Gasteiger partial charge in [-0.1, -0.05) is 60.2 Å². The fraction of sp³-hybridized carbons (Fsp3) is 0.250. The number of hydrogen-bond acceptors (Lipinski definition) is 3. The Labute approximate surface area is 150 Å². The van der Waals surface area contributed by atoms with Crippen molar-refractivity contribution in [3.05, 3.63) is 77.9 Å². The summed E-state index contributed by atoms with van der Waals surface area (Å²) in [6.45, 7) is 3.47. The minimum atomic E-state index is -3.63. The lowest BCUT2D eigenvalue weighted by molar-refractivity contribution is 0.0968. The van der Waals surface area contributed by atoms with Gasteiger partial charge in [0.25, 0.3) is 0 Å². The van der Waals surface area contributed by atoms with Crippen LogP contribution in [-0.4, -0.2) is 31.6 Å². The van der Waals surface area contributed by atoms with Gasteiger partial charge in [-0.3, -0.25) is 4.79 Å². The minimum absolute atomic E-state index is 0.0375. The predicted octanol–water partition coefficient (Wildman–Crippen LogP) is 3.44. The van der Waals surface area contributed by atoms with Gasteiger partial charge < -0.3 is 0 Å². The summed E-state index contributed by atoms with van der Waals surface area (Å²) in [6, 6.07) is 15.7. The highest BCUT2D eigenvalue weighted by Crippen LogP contribution is 2.30. The van der Waals surface area contributed by atoms with Gasteiger partial charge in [0.05, 0.1) is 6.27 Å². The van der Waals surface area contributed by atoms with E-state index in [1.807, 2.05) is 13.0 Å². The molecular weight excluding hydrogens is 334 g/mol. The molecule has 0 aromatic heterocycles. The number of benzene rings is 2. The van der Waals surface area contributed by atoms with Crippen LogP contribution in [0.15, 0.2) is 71.6 Å². The molecule has 130 valence electrons. The van der Waals surface area contributed by atoms with Crippen LogP contribution in [0.4, 0.5) is 0 Å². The first-order valence-electron chi connectivity index (χ1n) is 8.72. The van der Waals surface area contributed by atoms with Gasteiger partial charge in [-0.2, -0.15) is 4.31 Å². The second-order valence-corrected chi connectivity index (χ2v) is 8.31. The van der Waals surface area contributed by atoms with E-state index in [0.29, 0.717) is 11.1 Å². The number of aryl methyl sites for hydroxylation is 1. The molecule has 0 saturated carbocycles. The first-order chi connectivity index (χ1) is 12.4. The third kappa shape index (κ3) is 3.72. The summed E-state index contributed by atoms with van der Waals surface area (Å²) in [7, 11) is -3.63. The summed E-state index contributed by atoms with van der Waals surface area (Å²) in [5.41, 5.74) is 2.27. The van der Waals surface area contributed by atoms with Crippen LogP contribution in [0, 0.1) is 12.8 Å². The fourth-order valence-electron chi connectivity index (χ4n) is 2.96. The molecule has 0 spiro atoms. The van der Waals surface area contributed by atoms with Gasteiger partial charge >= 0.3 is 0 Å². The van der Waals surface area contributed by atoms with E-state index in [1.54, 1.807) is 48.5 Å². The van der Waals surface area contributed by atoms with Gasteiger partial charge in [0.1, 0.15) is 0 Å². The minimum Gasteiger partial charge on any atom is -0.294 e. The largest absolute Gasteiger partial charge is 0.294 e. The normalized spacial score (nSPS) is 20.6. The average molecular weight is 356 g/mol. The Kier molecular flexibility index (Phi) is 4.51. The van der Waals surface area contributed by atoms with Crippen LogP contribution >= 0.6 is 0 Å². The van der Waals surface area contributed by atoms with Crippen LogP contribution in [0.5, 0.6) is 0 Å². The van der Waals surface area contributed by atoms with Gasteiger partial charge in [-0.05, 0) is 19.1 Å². The fourth-order valence-corrected chi connectivity index (χ4v) is 4.44. The van der Waals surface area contributed by atoms with E-state index in [0.717, 1.165) is 5.56 Å². The first kappa shape index (κ1) is 16.2. The molecule has 25 heavy (non-hydrogen) atoms. The standard InChI is InChI=1S/C20H21NO3S/c1-15-8-10-19(11-9-15)25(23,24)21-13-16(2)18(14-21)12-20(22)17-6-4-3-5-7-17/h3-11,18H,2,12-14H2,1H3/i2D. The third-order valence-electron chi connectivity index (χ3n) is 4.49. The van der Waals surface area contributed by atoms with E-state index in [-0.39, 0.29) is 36.1 Å². The first-order valence-corrected chi connectivity index (χ1v) is 9.58. The zero-order valence-corrected chi connectivity index (χ0v) is 14.9. The summed E-state index contributed by atoms with van der Waals surface area (Å²) >= 11 is 0. The lowest BCUT2D eigenvalue weighted by atomic mass is 9.95. The highest BCUT2D eigenvalue weighted by Gasteiger charge is 2.35. The number of sulfonamides is 1. The number of rotatable bonds is 5. The quantitative estimate of drug-likeness (QED) is 0.609. The van der Waals surface area contributed by atoms with Crippen molar-refractivity contribution in [2.24, 2.45) is 5.92 Å². The Balaban J connectivity index is 1.78. The molecule has 4 nitrogen and oxygen atoms in total. The van der Waals surface area contributed by atoms with Gasteiger partial charge in [0, 0.05) is 31.0 Å². The predicted molar refractivity (Wildman–Crippen MR) is 98.0 cm³/mol. The van der Waals surface area contributed by atoms with Crippen molar-refractivity contribution in [2.45, 2.75) is 18.2 Å². The molecule has 2 aromatic carbocycles. The molecule has 1 heterocycles. The maximum atomic E-state index is 12.9. The molecule has 0 N–H and O–H groups in total. The van der Waals surface area contributed by atoms with Crippen molar-refractivity contribution in [3.8, 4) is 0 Å². The Morgan fingerprint density at radius 3 is 2.52 bits per heavy atom. The van der Waals surface area contributed by atoms with Gasteiger partial charge in [-0.25, -0.2) is 8.42 Å². The highest BCUT2D eigenvalue weighted by atomic mass is 32.2. The molecule has 3 rings (SSSR count). The van der Waals surface area contributed by atoms with E-state index in [4.69, 9.17) is 1.37 Å². The van der Waals surface area contributed by atoms with Crippen LogP contribution < -0.4 is 0 Å². The smallest absolute Gasteiger partial charge is 0.243 e. The van der Waals surface area contributed by atoms with E-state index in [9.17, 15) is 13.2 Å². The van der Waals surface area contributed by atoms with Crippen molar-refractivity contribution < 1.29 is 14.6 Å². The van der Waals surface area contributed by atoms with Crippen LogP contribution in [0.2, 0.25) is 0 Å². The number of hydrogen-bond donors (Lipinski definition) is 0. The molecule has 0 amide bonds. The molecule has 1 aliphatic heterocycles. The molecule has 0 radical (unpaired) electrons. The SMILES string of the molecule is [2H]C=C1CN(S(=O)(=O)c2ccc(C)cc2)CC1CC(=O)c1ccccc1. The lowest BCUT2D eigenvalue weighted by Crippen LogP contribution is -2.29. The monoisotopic (exact) mass is 356 g/mol. The molecule has 1 saturated heterocycles. The van der Waals surface area contributed by atoms with Crippen LogP contribution in [0.25, 0.3) is 0 Å². The second kappa shape index (κ2) is 6.94. The van der Waals surface area contributed by atoms with E-state index in [2.05, 4.69) is 0 Å². The number of Topliss-reactive ketones (excluding diaryl/α,β-unsaturated/α-hetero) is 1. The summed E-state index contributed by atoms with van der Waals surface area (Å²) in [4.78, 5) is 12.7. The average Bonchev–Trinajstić information content (AvgIpc) is 3.06. The molecule has 1 aliphatic rings. The molecule has 1 unspecified atom stereocenters. The van der Waals surface area contributed by atoms with Crippen molar-refractivity contribution >= 4 is 15.8 Å². The highest BCUT2D eigenvalue weighted by molar-refractivity contribution is 7.89. The second-order valence-electron chi connectivity index (χ2n) is 6.38. The molecular formula is C20H21NO3S. The van der Waals surface area contributed by atoms with Gasteiger partial charge in [0.2, 0.25) is 10.0 Å². The summed E-state index contributed by atoms with van der Waals surface area (Å²) in [6.07, 6.45) is 0.203. The Bertz CT molecular complexity index is 921. The van der Waals surface area contributed by atoms with Crippen molar-refractivity contribution in [1.82, 2.24) is 4.31 Å². The van der Waals surface area contributed by atoms with E-state index >= 15 is 0 Å². The number of ketones is 1. The number of carbonyl (C=O) groups excluding carboxylic acids is 1. The Morgan fingerprint density at radius 1 is 1.20 bits per heavy atom. The maximum Gasteiger partial charge on any atom is 0.243 e. The van der Waals surface area contributed by atoms with Crippen molar-refractivity contribution in [1.29, 1.82) is 0 Å². The molecule has 1 fully saturated rings. The van der Waals surface area contributed by atoms with Gasteiger partial charge in [-0.15, -0.1) is 0 Å². The summed E-state index contributed by atoms with van der Waals surface area (Å²) < 4.78 is 34.7. The number of nitrogens with zero attached hydrogens (tertiary/aromatic N) is 1. The summed E-state index contributed by atoms with van der Waals surface area (Å²) in [5.74, 6) is -0.301. The molecule has 1 atom stereocenters. The van der Waals surface area contributed by atoms with Crippen LogP contribution in [0.3, 0.4) is 0 Å². The van der Waals surface area contributed by atoms with E-state index in [1.165, 1.54) is 10.9 Å². The van der Waals surface area contributed by atoms with Gasteiger partial charge in [0.15, 0.2) is 5.78 Å². The Morgan fingerprint density at radius 2 is 1.88 bits per heavy atom. The molecule has 2 aromatic rings. The maximum absolute atomic E-state index is 12.9. The Hall–Kier alpha value is -2.24. The lowest BCUT2D eigenvalue weighted by Gasteiger charge is -2.16. The summed E-state index contributed by atoms with van der Waals surface area (Å²) in [5, 5.41) is 0. The molecule has 5 heteroatoms. The zero-order chi connectivity index (χ0) is 18.7. The van der Waals surface area contributed by atoms with Crippen LogP contribution in [0.1, 0.15) is 23.7 Å². The van der Waals surface area contributed by atoms with Crippen molar-refractivity contribution in [2.75, 3.05) is 13.1 Å². The van der Waals surface area contributed by atoms with Crippen LogP contribution in [-0.2, 0) is 10.0 Å². The van der Waals surface area contributed by atoms with Crippen molar-refractivity contribution in [3.63, 3.8) is 0 Å². The molecule has 0 aliphatic carbocycles. The topological polar surface area (TPSA) is 54.5 Å². The third-order valence-corrected chi connectivity index (χ3v) is 6.32. The molecule has 0 bridgehead atoms. The van der Waals surface area contributed by atoms with E-state index < -0.39 is 10.0 Å².